The Hall–Kier alpha value is -1.91. The molecule has 2 heterocycles. The van der Waals surface area contributed by atoms with Crippen molar-refractivity contribution in [3.63, 3.8) is 0 Å². The van der Waals surface area contributed by atoms with E-state index in [0.717, 1.165) is 30.2 Å². The van der Waals surface area contributed by atoms with Gasteiger partial charge in [-0.2, -0.15) is 0 Å². The standard InChI is InChI=1S/C18H24N2O3/c1-13(14-4-5-15-16(10-14)23-12-22-15)19-17(21)20-9-8-18(11-20)6-2-3-7-18/h4-5,10,13H,2-3,6-9,11-12H2,1H3,(H,19,21). The van der Waals surface area contributed by atoms with Crippen molar-refractivity contribution in [3.8, 4) is 11.5 Å². The molecule has 23 heavy (non-hydrogen) atoms. The van der Waals surface area contributed by atoms with Crippen LogP contribution in [0, 0.1) is 5.41 Å². The maximum atomic E-state index is 12.6. The zero-order valence-electron chi connectivity index (χ0n) is 13.6. The third kappa shape index (κ3) is 2.73. The number of urea groups is 1. The number of nitrogens with one attached hydrogen (secondary N) is 1. The van der Waals surface area contributed by atoms with Gasteiger partial charge in [-0.25, -0.2) is 4.79 Å². The first-order valence-electron chi connectivity index (χ1n) is 8.60. The Morgan fingerprint density at radius 3 is 2.83 bits per heavy atom. The summed E-state index contributed by atoms with van der Waals surface area (Å²) in [5.41, 5.74) is 1.46. The van der Waals surface area contributed by atoms with Gasteiger partial charge in [0.1, 0.15) is 0 Å². The van der Waals surface area contributed by atoms with Gasteiger partial charge in [-0.15, -0.1) is 0 Å². The molecule has 1 unspecified atom stereocenters. The lowest BCUT2D eigenvalue weighted by Crippen LogP contribution is -2.40. The summed E-state index contributed by atoms with van der Waals surface area (Å²) in [5, 5.41) is 3.13. The van der Waals surface area contributed by atoms with Crippen LogP contribution in [0.1, 0.15) is 50.6 Å². The van der Waals surface area contributed by atoms with Crippen molar-refractivity contribution < 1.29 is 14.3 Å². The van der Waals surface area contributed by atoms with Crippen LogP contribution in [0.2, 0.25) is 0 Å². The molecule has 5 nitrogen and oxygen atoms in total. The van der Waals surface area contributed by atoms with E-state index in [0.29, 0.717) is 5.41 Å². The number of ether oxygens (including phenoxy) is 2. The summed E-state index contributed by atoms with van der Waals surface area (Å²) in [5.74, 6) is 1.53. The fourth-order valence-electron chi connectivity index (χ4n) is 4.18. The number of benzene rings is 1. The van der Waals surface area contributed by atoms with E-state index in [1.54, 1.807) is 0 Å². The van der Waals surface area contributed by atoms with Gasteiger partial charge in [0, 0.05) is 13.1 Å². The highest BCUT2D eigenvalue weighted by Crippen LogP contribution is 2.45. The molecule has 1 aromatic carbocycles. The predicted octanol–water partition coefficient (Wildman–Crippen LogP) is 3.45. The maximum Gasteiger partial charge on any atom is 0.317 e. The van der Waals surface area contributed by atoms with Crippen LogP contribution in [0.3, 0.4) is 0 Å². The van der Waals surface area contributed by atoms with Gasteiger partial charge in [0.25, 0.3) is 0 Å². The molecular weight excluding hydrogens is 292 g/mol. The summed E-state index contributed by atoms with van der Waals surface area (Å²) in [7, 11) is 0. The molecule has 4 rings (SSSR count). The Kier molecular flexibility index (Phi) is 3.58. The highest BCUT2D eigenvalue weighted by Gasteiger charge is 2.41. The average Bonchev–Trinajstić information content (AvgIpc) is 3.28. The summed E-state index contributed by atoms with van der Waals surface area (Å²) in [6.07, 6.45) is 6.38. The second-order valence-corrected chi connectivity index (χ2v) is 7.16. The van der Waals surface area contributed by atoms with Crippen molar-refractivity contribution in [2.75, 3.05) is 19.9 Å². The SMILES string of the molecule is CC(NC(=O)N1CCC2(CCCC2)C1)c1ccc2c(c1)OCO2. The van der Waals surface area contributed by atoms with Crippen LogP contribution in [0.5, 0.6) is 11.5 Å². The van der Waals surface area contributed by atoms with Gasteiger partial charge < -0.3 is 19.7 Å². The number of hydrogen-bond donors (Lipinski definition) is 1. The van der Waals surface area contributed by atoms with Gasteiger partial charge in [0.05, 0.1) is 6.04 Å². The van der Waals surface area contributed by atoms with Gasteiger partial charge >= 0.3 is 6.03 Å². The van der Waals surface area contributed by atoms with Crippen LogP contribution in [0.4, 0.5) is 4.79 Å². The Morgan fingerprint density at radius 1 is 1.22 bits per heavy atom. The fraction of sp³-hybridized carbons (Fsp3) is 0.611. The quantitative estimate of drug-likeness (QED) is 0.909. The maximum absolute atomic E-state index is 12.6. The Balaban J connectivity index is 1.39. The van der Waals surface area contributed by atoms with Crippen LogP contribution in [0.15, 0.2) is 18.2 Å². The van der Waals surface area contributed by atoms with Crippen LogP contribution >= 0.6 is 0 Å². The molecule has 1 N–H and O–H groups in total. The number of nitrogens with zero attached hydrogens (tertiary/aromatic N) is 1. The molecule has 2 fully saturated rings. The number of rotatable bonds is 2. The molecule has 1 atom stereocenters. The van der Waals surface area contributed by atoms with Crippen molar-refractivity contribution in [3.05, 3.63) is 23.8 Å². The summed E-state index contributed by atoms with van der Waals surface area (Å²) in [6.45, 7) is 4.10. The molecule has 1 aliphatic carbocycles. The zero-order valence-corrected chi connectivity index (χ0v) is 13.6. The number of fused-ring (bicyclic) bond motifs is 1. The third-order valence-electron chi connectivity index (χ3n) is 5.63. The smallest absolute Gasteiger partial charge is 0.317 e. The minimum Gasteiger partial charge on any atom is -0.454 e. The largest absolute Gasteiger partial charge is 0.454 e. The van der Waals surface area contributed by atoms with Crippen molar-refractivity contribution in [2.45, 2.75) is 45.1 Å². The Morgan fingerprint density at radius 2 is 2.00 bits per heavy atom. The van der Waals surface area contributed by atoms with Gasteiger partial charge in [-0.3, -0.25) is 0 Å². The molecule has 1 spiro atoms. The summed E-state index contributed by atoms with van der Waals surface area (Å²) >= 11 is 0. The Labute approximate surface area is 136 Å². The van der Waals surface area contributed by atoms with Crippen molar-refractivity contribution >= 4 is 6.03 Å². The molecule has 1 aromatic rings. The molecule has 5 heteroatoms. The summed E-state index contributed by atoms with van der Waals surface area (Å²) in [4.78, 5) is 14.6. The molecule has 2 amide bonds. The minimum absolute atomic E-state index is 0.0443. The Bertz CT molecular complexity index is 610. The van der Waals surface area contributed by atoms with Crippen LogP contribution in [0.25, 0.3) is 0 Å². The lowest BCUT2D eigenvalue weighted by atomic mass is 9.86. The average molecular weight is 316 g/mol. The van der Waals surface area contributed by atoms with E-state index in [1.807, 2.05) is 30.0 Å². The van der Waals surface area contributed by atoms with E-state index >= 15 is 0 Å². The fourth-order valence-corrected chi connectivity index (χ4v) is 4.18. The first kappa shape index (κ1) is 14.7. The predicted molar refractivity (Wildman–Crippen MR) is 86.6 cm³/mol. The van der Waals surface area contributed by atoms with E-state index in [2.05, 4.69) is 5.32 Å². The van der Waals surface area contributed by atoms with E-state index < -0.39 is 0 Å². The topological polar surface area (TPSA) is 50.8 Å². The van der Waals surface area contributed by atoms with Crippen LogP contribution in [-0.2, 0) is 0 Å². The van der Waals surface area contributed by atoms with E-state index in [1.165, 1.54) is 32.1 Å². The number of amides is 2. The second-order valence-electron chi connectivity index (χ2n) is 7.16. The number of carbonyl (C=O) groups is 1. The number of hydrogen-bond acceptors (Lipinski definition) is 3. The normalized spacial score (nSPS) is 22.6. The molecule has 1 saturated heterocycles. The molecule has 0 aromatic heterocycles. The van der Waals surface area contributed by atoms with Gasteiger partial charge in [-0.1, -0.05) is 18.9 Å². The summed E-state index contributed by atoms with van der Waals surface area (Å²) < 4.78 is 10.7. The highest BCUT2D eigenvalue weighted by molar-refractivity contribution is 5.75. The third-order valence-corrected chi connectivity index (χ3v) is 5.63. The molecule has 124 valence electrons. The molecule has 1 saturated carbocycles. The van der Waals surface area contributed by atoms with E-state index in [4.69, 9.17) is 9.47 Å². The molecule has 0 bridgehead atoms. The highest BCUT2D eigenvalue weighted by atomic mass is 16.7. The first-order valence-corrected chi connectivity index (χ1v) is 8.60. The molecular formula is C18H24N2O3. The van der Waals surface area contributed by atoms with Crippen molar-refractivity contribution in [2.24, 2.45) is 5.41 Å². The lowest BCUT2D eigenvalue weighted by molar-refractivity contribution is 0.174. The van der Waals surface area contributed by atoms with Gasteiger partial charge in [0.2, 0.25) is 6.79 Å². The zero-order chi connectivity index (χ0) is 15.9. The summed E-state index contributed by atoms with van der Waals surface area (Å²) in [6, 6.07) is 5.86. The van der Waals surface area contributed by atoms with Crippen LogP contribution < -0.4 is 14.8 Å². The van der Waals surface area contributed by atoms with E-state index in [9.17, 15) is 4.79 Å². The first-order chi connectivity index (χ1) is 11.2. The minimum atomic E-state index is -0.0443. The second kappa shape index (κ2) is 5.62. The van der Waals surface area contributed by atoms with Gasteiger partial charge in [0.15, 0.2) is 11.5 Å². The van der Waals surface area contributed by atoms with Crippen molar-refractivity contribution in [1.29, 1.82) is 0 Å². The van der Waals surface area contributed by atoms with E-state index in [-0.39, 0.29) is 18.9 Å². The van der Waals surface area contributed by atoms with Gasteiger partial charge in [-0.05, 0) is 49.3 Å². The number of likely N-dealkylation sites (tertiary alicyclic amines) is 1. The number of carbonyl (C=O) groups excluding carboxylic acids is 1. The lowest BCUT2D eigenvalue weighted by Gasteiger charge is -2.25. The van der Waals surface area contributed by atoms with Crippen molar-refractivity contribution in [1.82, 2.24) is 10.2 Å². The monoisotopic (exact) mass is 316 g/mol. The molecule has 0 radical (unpaired) electrons. The molecule has 2 aliphatic heterocycles. The molecule has 3 aliphatic rings. The van der Waals surface area contributed by atoms with Crippen LogP contribution in [-0.4, -0.2) is 30.8 Å².